The number of hydrogen-bond donors (Lipinski definition) is 0. The first-order valence-corrected chi connectivity index (χ1v) is 9.12. The summed E-state index contributed by atoms with van der Waals surface area (Å²) >= 11 is 3.34. The molecule has 2 aromatic carbocycles. The molecule has 0 N–H and O–H groups in total. The Morgan fingerprint density at radius 3 is 2.48 bits per heavy atom. The van der Waals surface area contributed by atoms with E-state index in [1.807, 2.05) is 30.3 Å². The summed E-state index contributed by atoms with van der Waals surface area (Å²) in [4.78, 5) is 26.0. The Bertz CT molecular complexity index is 799. The highest BCUT2D eigenvalue weighted by Crippen LogP contribution is 2.32. The Hall–Kier alpha value is -2.14. The van der Waals surface area contributed by atoms with Gasteiger partial charge in [-0.15, -0.1) is 0 Å². The predicted molar refractivity (Wildman–Crippen MR) is 101 cm³/mol. The van der Waals surface area contributed by atoms with Crippen molar-refractivity contribution in [1.29, 1.82) is 0 Å². The molecule has 3 rings (SSSR count). The average molecular weight is 402 g/mol. The molecular weight excluding hydrogens is 382 g/mol. The fourth-order valence-electron chi connectivity index (χ4n) is 2.72. The minimum Gasteiger partial charge on any atom is -0.494 e. The zero-order chi connectivity index (χ0) is 18.0. The van der Waals surface area contributed by atoms with Crippen molar-refractivity contribution in [3.05, 3.63) is 58.1 Å². The van der Waals surface area contributed by atoms with E-state index in [9.17, 15) is 9.59 Å². The number of anilines is 1. The van der Waals surface area contributed by atoms with Crippen molar-refractivity contribution in [1.82, 2.24) is 0 Å². The zero-order valence-corrected chi connectivity index (χ0v) is 15.9. The van der Waals surface area contributed by atoms with E-state index in [0.29, 0.717) is 30.3 Å². The number of rotatable bonds is 6. The Kier molecular flexibility index (Phi) is 5.23. The SMILES string of the molecule is CC(C)CCOc1ccc(CN2C(=O)C(=O)c3cc(Br)ccc32)cc1. The summed E-state index contributed by atoms with van der Waals surface area (Å²) in [5, 5.41) is 0. The van der Waals surface area contributed by atoms with Crippen LogP contribution in [0.4, 0.5) is 5.69 Å². The fourth-order valence-corrected chi connectivity index (χ4v) is 3.08. The first-order valence-electron chi connectivity index (χ1n) is 8.33. The minimum atomic E-state index is -0.481. The van der Waals surface area contributed by atoms with E-state index in [-0.39, 0.29) is 0 Å². The third-order valence-corrected chi connectivity index (χ3v) is 4.65. The molecule has 4 nitrogen and oxygen atoms in total. The summed E-state index contributed by atoms with van der Waals surface area (Å²) in [7, 11) is 0. The van der Waals surface area contributed by atoms with Gasteiger partial charge in [0, 0.05) is 4.47 Å². The van der Waals surface area contributed by atoms with Gasteiger partial charge in [-0.25, -0.2) is 0 Å². The Morgan fingerprint density at radius 2 is 1.80 bits per heavy atom. The van der Waals surface area contributed by atoms with E-state index in [4.69, 9.17) is 4.74 Å². The molecule has 0 spiro atoms. The number of amides is 1. The smallest absolute Gasteiger partial charge is 0.299 e. The number of ether oxygens (including phenoxy) is 1. The third-order valence-electron chi connectivity index (χ3n) is 4.16. The van der Waals surface area contributed by atoms with Crippen molar-refractivity contribution >= 4 is 33.3 Å². The van der Waals surface area contributed by atoms with Gasteiger partial charge in [0.2, 0.25) is 0 Å². The lowest BCUT2D eigenvalue weighted by Gasteiger charge is -2.17. The molecule has 25 heavy (non-hydrogen) atoms. The van der Waals surface area contributed by atoms with Gasteiger partial charge in [-0.05, 0) is 48.2 Å². The van der Waals surface area contributed by atoms with E-state index < -0.39 is 11.7 Å². The molecule has 1 heterocycles. The summed E-state index contributed by atoms with van der Waals surface area (Å²) < 4.78 is 6.50. The number of carbonyl (C=O) groups is 2. The third kappa shape index (κ3) is 3.93. The maximum absolute atomic E-state index is 12.3. The topological polar surface area (TPSA) is 46.6 Å². The fraction of sp³-hybridized carbons (Fsp3) is 0.300. The van der Waals surface area contributed by atoms with Crippen LogP contribution in [0.5, 0.6) is 5.75 Å². The summed E-state index contributed by atoms with van der Waals surface area (Å²) in [6, 6.07) is 13.0. The first kappa shape index (κ1) is 17.7. The lowest BCUT2D eigenvalue weighted by Crippen LogP contribution is -2.29. The Morgan fingerprint density at radius 1 is 1.08 bits per heavy atom. The van der Waals surface area contributed by atoms with Crippen molar-refractivity contribution in [2.24, 2.45) is 5.92 Å². The minimum absolute atomic E-state index is 0.367. The largest absolute Gasteiger partial charge is 0.494 e. The van der Waals surface area contributed by atoms with Gasteiger partial charge in [0.05, 0.1) is 24.4 Å². The van der Waals surface area contributed by atoms with E-state index in [2.05, 4.69) is 29.8 Å². The highest BCUT2D eigenvalue weighted by molar-refractivity contribution is 9.10. The number of benzene rings is 2. The molecule has 2 aromatic rings. The number of halogens is 1. The number of hydrogen-bond acceptors (Lipinski definition) is 3. The molecule has 5 heteroatoms. The second-order valence-electron chi connectivity index (χ2n) is 6.56. The molecule has 0 aromatic heterocycles. The van der Waals surface area contributed by atoms with Crippen LogP contribution in [0.2, 0.25) is 0 Å². The van der Waals surface area contributed by atoms with Crippen LogP contribution in [0.1, 0.15) is 36.2 Å². The van der Waals surface area contributed by atoms with E-state index in [0.717, 1.165) is 22.2 Å². The van der Waals surface area contributed by atoms with Crippen LogP contribution in [0, 0.1) is 5.92 Å². The first-order chi connectivity index (χ1) is 12.0. The maximum Gasteiger partial charge on any atom is 0.299 e. The molecule has 0 fully saturated rings. The molecule has 0 atom stereocenters. The molecule has 130 valence electrons. The lowest BCUT2D eigenvalue weighted by molar-refractivity contribution is -0.114. The maximum atomic E-state index is 12.3. The highest BCUT2D eigenvalue weighted by atomic mass is 79.9. The highest BCUT2D eigenvalue weighted by Gasteiger charge is 2.35. The molecule has 1 amide bonds. The quantitative estimate of drug-likeness (QED) is 0.664. The van der Waals surface area contributed by atoms with Gasteiger partial charge in [0.25, 0.3) is 11.7 Å². The molecule has 0 aliphatic carbocycles. The van der Waals surface area contributed by atoms with Crippen molar-refractivity contribution < 1.29 is 14.3 Å². The van der Waals surface area contributed by atoms with Crippen LogP contribution in [0.25, 0.3) is 0 Å². The van der Waals surface area contributed by atoms with Crippen molar-refractivity contribution in [2.45, 2.75) is 26.8 Å². The molecule has 0 saturated carbocycles. The van der Waals surface area contributed by atoms with Crippen LogP contribution in [0.3, 0.4) is 0 Å². The van der Waals surface area contributed by atoms with Gasteiger partial charge < -0.3 is 9.64 Å². The van der Waals surface area contributed by atoms with Gasteiger partial charge in [0.15, 0.2) is 0 Å². The number of Topliss-reactive ketones (excluding diaryl/α,β-unsaturated/α-hetero) is 1. The van der Waals surface area contributed by atoms with Crippen molar-refractivity contribution in [2.75, 3.05) is 11.5 Å². The standard InChI is InChI=1S/C20H20BrNO3/c1-13(2)9-10-25-16-6-3-14(4-7-16)12-22-18-8-5-15(21)11-17(18)19(23)20(22)24/h3-8,11,13H,9-10,12H2,1-2H3. The van der Waals surface area contributed by atoms with Gasteiger partial charge in [-0.2, -0.15) is 0 Å². The number of nitrogens with zero attached hydrogens (tertiary/aromatic N) is 1. The normalized spacial score (nSPS) is 13.5. The molecule has 1 aliphatic heterocycles. The van der Waals surface area contributed by atoms with Crippen LogP contribution in [-0.4, -0.2) is 18.3 Å². The summed E-state index contributed by atoms with van der Waals surface area (Å²) in [6.45, 7) is 5.39. The summed E-state index contributed by atoms with van der Waals surface area (Å²) in [6.07, 6.45) is 1.01. The molecular formula is C20H20BrNO3. The van der Waals surface area contributed by atoms with Crippen molar-refractivity contribution in [3.8, 4) is 5.75 Å². The van der Waals surface area contributed by atoms with Gasteiger partial charge in [0.1, 0.15) is 5.75 Å². The monoisotopic (exact) mass is 401 g/mol. The summed E-state index contributed by atoms with van der Waals surface area (Å²) in [5.41, 5.74) is 2.07. The van der Waals surface area contributed by atoms with Gasteiger partial charge in [-0.3, -0.25) is 9.59 Å². The van der Waals surface area contributed by atoms with Crippen LogP contribution >= 0.6 is 15.9 Å². The van der Waals surface area contributed by atoms with Crippen molar-refractivity contribution in [3.63, 3.8) is 0 Å². The molecule has 0 saturated heterocycles. The lowest BCUT2D eigenvalue weighted by atomic mass is 10.1. The van der Waals surface area contributed by atoms with Crippen LogP contribution < -0.4 is 9.64 Å². The Balaban J connectivity index is 1.71. The number of carbonyl (C=O) groups excluding carboxylic acids is 2. The Labute approximate surface area is 155 Å². The zero-order valence-electron chi connectivity index (χ0n) is 14.3. The van der Waals surface area contributed by atoms with Gasteiger partial charge in [-0.1, -0.05) is 41.9 Å². The second kappa shape index (κ2) is 7.40. The molecule has 0 unspecified atom stereocenters. The van der Waals surface area contributed by atoms with E-state index in [1.54, 1.807) is 12.1 Å². The number of ketones is 1. The second-order valence-corrected chi connectivity index (χ2v) is 7.47. The predicted octanol–water partition coefficient (Wildman–Crippen LogP) is 4.60. The molecule has 0 bridgehead atoms. The van der Waals surface area contributed by atoms with E-state index >= 15 is 0 Å². The summed E-state index contributed by atoms with van der Waals surface area (Å²) in [5.74, 6) is 0.492. The van der Waals surface area contributed by atoms with E-state index in [1.165, 1.54) is 4.90 Å². The molecule has 0 radical (unpaired) electrons. The van der Waals surface area contributed by atoms with Crippen LogP contribution in [-0.2, 0) is 11.3 Å². The van der Waals surface area contributed by atoms with Crippen LogP contribution in [0.15, 0.2) is 46.9 Å². The molecule has 1 aliphatic rings. The number of fused-ring (bicyclic) bond motifs is 1. The average Bonchev–Trinajstić information content (AvgIpc) is 2.81. The van der Waals surface area contributed by atoms with Gasteiger partial charge >= 0.3 is 0 Å².